The van der Waals surface area contributed by atoms with Crippen molar-refractivity contribution in [2.45, 2.75) is 26.3 Å². The Balaban J connectivity index is 1.44. The first kappa shape index (κ1) is 20.5. The number of rotatable bonds is 5. The van der Waals surface area contributed by atoms with Crippen LogP contribution in [0.1, 0.15) is 25.3 Å². The van der Waals surface area contributed by atoms with E-state index in [4.69, 9.17) is 4.98 Å². The van der Waals surface area contributed by atoms with Crippen LogP contribution in [0.3, 0.4) is 0 Å². The number of thiophene rings is 2. The highest BCUT2D eigenvalue weighted by Gasteiger charge is 2.15. The maximum atomic E-state index is 13.1. The molecule has 0 aliphatic heterocycles. The van der Waals surface area contributed by atoms with Gasteiger partial charge in [0.25, 0.3) is 5.56 Å². The second-order valence-corrected chi connectivity index (χ2v) is 9.76. The minimum Gasteiger partial charge on any atom is -0.325 e. The highest BCUT2D eigenvalue weighted by atomic mass is 32.1. The lowest BCUT2D eigenvalue weighted by atomic mass is 10.0. The first-order valence-corrected chi connectivity index (χ1v) is 11.9. The molecule has 0 spiro atoms. The number of carbonyl (C=O) groups is 1. The third-order valence-corrected chi connectivity index (χ3v) is 7.20. The minimum absolute atomic E-state index is 0.101. The molecule has 1 N–H and O–H groups in total. The van der Waals surface area contributed by atoms with E-state index in [0.29, 0.717) is 16.1 Å². The van der Waals surface area contributed by atoms with E-state index in [1.54, 1.807) is 11.3 Å². The number of hydrogen-bond donors (Lipinski definition) is 1. The van der Waals surface area contributed by atoms with Gasteiger partial charge >= 0.3 is 0 Å². The molecule has 160 valence electrons. The molecule has 0 saturated heterocycles. The van der Waals surface area contributed by atoms with Crippen molar-refractivity contribution in [1.29, 1.82) is 0 Å². The van der Waals surface area contributed by atoms with E-state index >= 15 is 0 Å². The molecule has 32 heavy (non-hydrogen) atoms. The number of amides is 1. The van der Waals surface area contributed by atoms with Gasteiger partial charge in [0, 0.05) is 11.1 Å². The molecule has 6 nitrogen and oxygen atoms in total. The summed E-state index contributed by atoms with van der Waals surface area (Å²) in [6.07, 6.45) is 1.44. The molecule has 0 radical (unpaired) electrons. The molecule has 0 unspecified atom stereocenters. The standard InChI is InChI=1S/C24H20N4O2S2/c1-14(2)15-5-3-6-16(11-15)26-20(29)12-28-13-25-21-17-8-9-18(19-7-4-10-31-19)27-23(17)32-22(21)24(28)30/h3-11,13-14H,12H2,1-2H3,(H,26,29). The van der Waals surface area contributed by atoms with Crippen LogP contribution in [-0.2, 0) is 11.3 Å². The van der Waals surface area contributed by atoms with Crippen LogP contribution in [0.25, 0.3) is 31.0 Å². The quantitative estimate of drug-likeness (QED) is 0.376. The number of nitrogens with zero attached hydrogens (tertiary/aromatic N) is 3. The number of benzene rings is 1. The van der Waals surface area contributed by atoms with Gasteiger partial charge in [0.1, 0.15) is 16.1 Å². The fourth-order valence-corrected chi connectivity index (χ4v) is 5.33. The second-order valence-electron chi connectivity index (χ2n) is 7.81. The molecule has 0 aliphatic carbocycles. The summed E-state index contributed by atoms with van der Waals surface area (Å²) in [5.74, 6) is 0.0938. The molecule has 8 heteroatoms. The van der Waals surface area contributed by atoms with E-state index in [1.807, 2.05) is 53.9 Å². The summed E-state index contributed by atoms with van der Waals surface area (Å²) in [6.45, 7) is 4.10. The summed E-state index contributed by atoms with van der Waals surface area (Å²) in [4.78, 5) is 36.7. The van der Waals surface area contributed by atoms with E-state index in [1.165, 1.54) is 22.2 Å². The van der Waals surface area contributed by atoms with E-state index < -0.39 is 0 Å². The monoisotopic (exact) mass is 460 g/mol. The van der Waals surface area contributed by atoms with Crippen LogP contribution in [-0.4, -0.2) is 20.4 Å². The van der Waals surface area contributed by atoms with Crippen LogP contribution in [0.15, 0.2) is 65.0 Å². The Morgan fingerprint density at radius 2 is 2.03 bits per heavy atom. The predicted molar refractivity (Wildman–Crippen MR) is 132 cm³/mol. The number of hydrogen-bond acceptors (Lipinski definition) is 6. The zero-order valence-corrected chi connectivity index (χ0v) is 19.2. The van der Waals surface area contributed by atoms with Gasteiger partial charge in [0.05, 0.1) is 22.4 Å². The Morgan fingerprint density at radius 3 is 2.81 bits per heavy atom. The molecule has 0 atom stereocenters. The molecule has 5 rings (SSSR count). The summed E-state index contributed by atoms with van der Waals surface area (Å²) >= 11 is 2.94. The molecule has 1 amide bonds. The molecule has 4 aromatic heterocycles. The zero-order valence-electron chi connectivity index (χ0n) is 17.5. The van der Waals surface area contributed by atoms with E-state index in [0.717, 1.165) is 32.0 Å². The molecule has 0 fully saturated rings. The largest absolute Gasteiger partial charge is 0.325 e. The van der Waals surface area contributed by atoms with Gasteiger partial charge in [-0.25, -0.2) is 9.97 Å². The Bertz CT molecular complexity index is 1500. The topological polar surface area (TPSA) is 76.9 Å². The van der Waals surface area contributed by atoms with Gasteiger partial charge in [0.2, 0.25) is 5.91 Å². The molecular formula is C24H20N4O2S2. The molecule has 1 aromatic carbocycles. The van der Waals surface area contributed by atoms with Crippen molar-refractivity contribution < 1.29 is 4.79 Å². The van der Waals surface area contributed by atoms with Crippen molar-refractivity contribution in [3.63, 3.8) is 0 Å². The van der Waals surface area contributed by atoms with Gasteiger partial charge in [-0.05, 0) is 47.2 Å². The van der Waals surface area contributed by atoms with Crippen molar-refractivity contribution in [3.8, 4) is 10.6 Å². The van der Waals surface area contributed by atoms with Gasteiger partial charge < -0.3 is 5.32 Å². The lowest BCUT2D eigenvalue weighted by molar-refractivity contribution is -0.116. The van der Waals surface area contributed by atoms with Crippen LogP contribution < -0.4 is 10.9 Å². The number of carbonyl (C=O) groups excluding carboxylic acids is 1. The SMILES string of the molecule is CC(C)c1cccc(NC(=O)Cn2cnc3c(sc4nc(-c5cccs5)ccc43)c2=O)c1. The van der Waals surface area contributed by atoms with Crippen molar-refractivity contribution in [1.82, 2.24) is 14.5 Å². The van der Waals surface area contributed by atoms with Crippen LogP contribution in [0, 0.1) is 0 Å². The number of fused-ring (bicyclic) bond motifs is 3. The van der Waals surface area contributed by atoms with E-state index in [-0.39, 0.29) is 18.0 Å². The van der Waals surface area contributed by atoms with Crippen molar-refractivity contribution in [3.05, 3.63) is 76.2 Å². The van der Waals surface area contributed by atoms with Crippen LogP contribution in [0.2, 0.25) is 0 Å². The normalized spacial score (nSPS) is 11.5. The van der Waals surface area contributed by atoms with E-state index in [2.05, 4.69) is 24.1 Å². The molecule has 5 aromatic rings. The van der Waals surface area contributed by atoms with Gasteiger partial charge in [0.15, 0.2) is 0 Å². The van der Waals surface area contributed by atoms with Gasteiger partial charge in [-0.2, -0.15) is 0 Å². The molecule has 0 saturated carbocycles. The molecule has 0 aliphatic rings. The van der Waals surface area contributed by atoms with Crippen molar-refractivity contribution in [2.24, 2.45) is 0 Å². The lowest BCUT2D eigenvalue weighted by Gasteiger charge is -2.10. The van der Waals surface area contributed by atoms with Crippen LogP contribution in [0.5, 0.6) is 0 Å². The molecule has 4 heterocycles. The first-order chi connectivity index (χ1) is 15.5. The van der Waals surface area contributed by atoms with Gasteiger partial charge in [-0.1, -0.05) is 32.0 Å². The average Bonchev–Trinajstić information content (AvgIpc) is 3.44. The number of anilines is 1. The summed E-state index contributed by atoms with van der Waals surface area (Å²) in [7, 11) is 0. The number of aromatic nitrogens is 3. The number of pyridine rings is 1. The third kappa shape index (κ3) is 3.83. The zero-order chi connectivity index (χ0) is 22.2. The summed E-state index contributed by atoms with van der Waals surface area (Å²) in [5, 5.41) is 5.74. The Morgan fingerprint density at radius 1 is 1.16 bits per heavy atom. The highest BCUT2D eigenvalue weighted by Crippen LogP contribution is 2.32. The maximum absolute atomic E-state index is 13.1. The Labute approximate surface area is 192 Å². The Hall–Kier alpha value is -3.36. The van der Waals surface area contributed by atoms with E-state index in [9.17, 15) is 9.59 Å². The summed E-state index contributed by atoms with van der Waals surface area (Å²) in [6, 6.07) is 15.7. The Kier molecular flexibility index (Phi) is 5.32. The summed E-state index contributed by atoms with van der Waals surface area (Å²) in [5.41, 5.74) is 3.13. The fourth-order valence-electron chi connectivity index (χ4n) is 3.55. The highest BCUT2D eigenvalue weighted by molar-refractivity contribution is 7.25. The predicted octanol–water partition coefficient (Wildman–Crippen LogP) is 5.50. The fraction of sp³-hybridized carbons (Fsp3) is 0.167. The van der Waals surface area contributed by atoms with Crippen LogP contribution in [0.4, 0.5) is 5.69 Å². The molecule has 0 bridgehead atoms. The minimum atomic E-state index is -0.270. The van der Waals surface area contributed by atoms with Gasteiger partial charge in [-0.3, -0.25) is 14.2 Å². The first-order valence-electron chi connectivity index (χ1n) is 10.2. The van der Waals surface area contributed by atoms with Crippen molar-refractivity contribution >= 4 is 54.7 Å². The lowest BCUT2D eigenvalue weighted by Crippen LogP contribution is -2.27. The maximum Gasteiger partial charge on any atom is 0.271 e. The van der Waals surface area contributed by atoms with Gasteiger partial charge in [-0.15, -0.1) is 22.7 Å². The third-order valence-electron chi connectivity index (χ3n) is 5.24. The summed E-state index contributed by atoms with van der Waals surface area (Å²) < 4.78 is 1.85. The second kappa shape index (κ2) is 8.29. The number of nitrogens with one attached hydrogen (secondary N) is 1. The smallest absolute Gasteiger partial charge is 0.271 e. The van der Waals surface area contributed by atoms with Crippen molar-refractivity contribution in [2.75, 3.05) is 5.32 Å². The van der Waals surface area contributed by atoms with Crippen LogP contribution >= 0.6 is 22.7 Å². The average molecular weight is 461 g/mol. The molecular weight excluding hydrogens is 440 g/mol.